The van der Waals surface area contributed by atoms with Crippen LogP contribution in [-0.2, 0) is 19.1 Å². The fourth-order valence-corrected chi connectivity index (χ4v) is 1.18. The molecule has 8 heteroatoms. The van der Waals surface area contributed by atoms with E-state index in [1.165, 1.54) is 0 Å². The lowest BCUT2D eigenvalue weighted by atomic mass is 10.3. The van der Waals surface area contributed by atoms with Crippen LogP contribution in [0.5, 0.6) is 11.5 Å². The minimum Gasteiger partial charge on any atom is -0.459 e. The normalized spacial score (nSPS) is 10.4. The first-order valence-corrected chi connectivity index (χ1v) is 6.27. The Morgan fingerprint density at radius 2 is 1.17 bits per heavy atom. The molecular formula is C16H12F2O6. The molecule has 24 heavy (non-hydrogen) atoms. The lowest BCUT2D eigenvalue weighted by Crippen LogP contribution is -1.97. The van der Waals surface area contributed by atoms with Gasteiger partial charge in [-0.15, -0.1) is 0 Å². The Kier molecular flexibility index (Phi) is 7.43. The second-order valence-corrected chi connectivity index (χ2v) is 3.75. The van der Waals surface area contributed by atoms with Crippen LogP contribution in [0.15, 0.2) is 62.5 Å². The van der Waals surface area contributed by atoms with Gasteiger partial charge in [-0.2, -0.15) is 8.78 Å². The summed E-state index contributed by atoms with van der Waals surface area (Å²) in [5.74, 6) is -5.07. The van der Waals surface area contributed by atoms with E-state index in [4.69, 9.17) is 9.47 Å². The van der Waals surface area contributed by atoms with Crippen molar-refractivity contribution >= 4 is 11.9 Å². The molecule has 1 aromatic rings. The highest BCUT2D eigenvalue weighted by molar-refractivity contribution is 5.81. The Balaban J connectivity index is 2.68. The molecule has 0 spiro atoms. The molecule has 0 aliphatic carbocycles. The van der Waals surface area contributed by atoms with Crippen molar-refractivity contribution in [2.75, 3.05) is 0 Å². The quantitative estimate of drug-likeness (QED) is 0.412. The van der Waals surface area contributed by atoms with Crippen LogP contribution in [0.1, 0.15) is 0 Å². The van der Waals surface area contributed by atoms with Gasteiger partial charge in [-0.1, -0.05) is 13.2 Å². The van der Waals surface area contributed by atoms with Gasteiger partial charge in [0, 0.05) is 12.2 Å². The SMILES string of the molecule is C=CC(=O)OC=COc1ccc(OC=COC(=O)C=C)c(F)c1F. The Bertz CT molecular complexity index is 635. The molecule has 1 aromatic carbocycles. The van der Waals surface area contributed by atoms with Crippen LogP contribution in [-0.4, -0.2) is 11.9 Å². The molecule has 0 radical (unpaired) electrons. The Morgan fingerprint density at radius 1 is 0.792 bits per heavy atom. The number of ether oxygens (including phenoxy) is 4. The molecule has 0 aromatic heterocycles. The third kappa shape index (κ3) is 5.76. The molecule has 0 bridgehead atoms. The monoisotopic (exact) mass is 338 g/mol. The first kappa shape index (κ1) is 18.6. The van der Waals surface area contributed by atoms with E-state index in [1.807, 2.05) is 0 Å². The van der Waals surface area contributed by atoms with Gasteiger partial charge in [0.2, 0.25) is 11.6 Å². The molecule has 0 aliphatic rings. The number of carbonyl (C=O) groups excluding carboxylic acids is 2. The molecule has 0 fully saturated rings. The number of rotatable bonds is 8. The predicted octanol–water partition coefficient (Wildman–Crippen LogP) is 3.12. The highest BCUT2D eigenvalue weighted by Gasteiger charge is 2.15. The Hall–Kier alpha value is -3.42. The highest BCUT2D eigenvalue weighted by Crippen LogP contribution is 2.27. The summed E-state index contributed by atoms with van der Waals surface area (Å²) in [6.45, 7) is 6.33. The van der Waals surface area contributed by atoms with Gasteiger partial charge in [0.05, 0.1) is 0 Å². The van der Waals surface area contributed by atoms with Gasteiger partial charge >= 0.3 is 11.9 Å². The fraction of sp³-hybridized carbons (Fsp3) is 0. The van der Waals surface area contributed by atoms with Crippen LogP contribution in [0, 0.1) is 11.6 Å². The lowest BCUT2D eigenvalue weighted by molar-refractivity contribution is -0.133. The van der Waals surface area contributed by atoms with Crippen LogP contribution in [0.2, 0.25) is 0 Å². The number of carbonyl (C=O) groups is 2. The first-order valence-electron chi connectivity index (χ1n) is 6.27. The summed E-state index contributed by atoms with van der Waals surface area (Å²) in [5, 5.41) is 0. The third-order valence-corrected chi connectivity index (χ3v) is 2.21. The van der Waals surface area contributed by atoms with E-state index in [1.54, 1.807) is 0 Å². The van der Waals surface area contributed by atoms with Gasteiger partial charge in [0.25, 0.3) is 0 Å². The van der Waals surface area contributed by atoms with Crippen LogP contribution >= 0.6 is 0 Å². The molecule has 0 atom stereocenters. The summed E-state index contributed by atoms with van der Waals surface area (Å²) in [6.07, 6.45) is 5.18. The number of hydrogen-bond donors (Lipinski definition) is 0. The van der Waals surface area contributed by atoms with Crippen LogP contribution < -0.4 is 9.47 Å². The zero-order valence-corrected chi connectivity index (χ0v) is 12.2. The second-order valence-electron chi connectivity index (χ2n) is 3.75. The van der Waals surface area contributed by atoms with E-state index in [-0.39, 0.29) is 0 Å². The molecule has 0 aliphatic heterocycles. The average molecular weight is 338 g/mol. The zero-order valence-electron chi connectivity index (χ0n) is 12.2. The van der Waals surface area contributed by atoms with Gasteiger partial charge in [0.1, 0.15) is 25.0 Å². The second kappa shape index (κ2) is 9.57. The van der Waals surface area contributed by atoms with Gasteiger partial charge in [0.15, 0.2) is 11.5 Å². The Morgan fingerprint density at radius 3 is 1.50 bits per heavy atom. The van der Waals surface area contributed by atoms with E-state index in [9.17, 15) is 18.4 Å². The van der Waals surface area contributed by atoms with Crippen LogP contribution in [0.4, 0.5) is 8.78 Å². The standard InChI is InChI=1S/C16H12F2O6/c1-3-13(19)23-9-7-21-11-5-6-12(16(18)15(11)17)22-8-10-24-14(20)4-2/h3-10H,1-2H2. The van der Waals surface area contributed by atoms with E-state index in [2.05, 4.69) is 22.6 Å². The number of halogens is 2. The molecule has 126 valence electrons. The number of benzene rings is 1. The Labute approximate surface area is 135 Å². The van der Waals surface area contributed by atoms with Crippen molar-refractivity contribution in [3.8, 4) is 11.5 Å². The first-order chi connectivity index (χ1) is 11.5. The smallest absolute Gasteiger partial charge is 0.335 e. The minimum absolute atomic E-state index is 0.465. The summed E-state index contributed by atoms with van der Waals surface area (Å²) in [5.41, 5.74) is 0. The van der Waals surface area contributed by atoms with Crippen LogP contribution in [0.25, 0.3) is 0 Å². The van der Waals surface area contributed by atoms with Gasteiger partial charge in [-0.05, 0) is 12.1 Å². The summed E-state index contributed by atoms with van der Waals surface area (Å²) in [6, 6.07) is 2.16. The van der Waals surface area contributed by atoms with Gasteiger partial charge < -0.3 is 18.9 Å². The molecule has 0 amide bonds. The molecular weight excluding hydrogens is 326 g/mol. The van der Waals surface area contributed by atoms with E-state index < -0.39 is 35.1 Å². The number of esters is 2. The average Bonchev–Trinajstić information content (AvgIpc) is 2.59. The van der Waals surface area contributed by atoms with Gasteiger partial charge in [-0.3, -0.25) is 0 Å². The largest absolute Gasteiger partial charge is 0.459 e. The van der Waals surface area contributed by atoms with Gasteiger partial charge in [-0.25, -0.2) is 9.59 Å². The molecule has 0 saturated carbocycles. The molecule has 0 unspecified atom stereocenters. The maximum absolute atomic E-state index is 13.7. The van der Waals surface area contributed by atoms with Crippen LogP contribution in [0.3, 0.4) is 0 Å². The molecule has 6 nitrogen and oxygen atoms in total. The van der Waals surface area contributed by atoms with Crippen molar-refractivity contribution in [2.24, 2.45) is 0 Å². The maximum Gasteiger partial charge on any atom is 0.335 e. The van der Waals surface area contributed by atoms with Crippen molar-refractivity contribution in [3.63, 3.8) is 0 Å². The van der Waals surface area contributed by atoms with Crippen molar-refractivity contribution in [1.82, 2.24) is 0 Å². The fourth-order valence-electron chi connectivity index (χ4n) is 1.18. The van der Waals surface area contributed by atoms with Crippen molar-refractivity contribution in [1.29, 1.82) is 0 Å². The van der Waals surface area contributed by atoms with E-state index in [0.29, 0.717) is 0 Å². The van der Waals surface area contributed by atoms with E-state index in [0.717, 1.165) is 49.3 Å². The van der Waals surface area contributed by atoms with Crippen molar-refractivity contribution < 1.29 is 37.3 Å². The molecule has 0 saturated heterocycles. The summed E-state index contributed by atoms with van der Waals surface area (Å²) in [4.78, 5) is 21.5. The maximum atomic E-state index is 13.7. The minimum atomic E-state index is -1.33. The highest BCUT2D eigenvalue weighted by atomic mass is 19.2. The molecule has 0 N–H and O–H groups in total. The topological polar surface area (TPSA) is 71.1 Å². The zero-order chi connectivity index (χ0) is 17.9. The summed E-state index contributed by atoms with van der Waals surface area (Å²) in [7, 11) is 0. The molecule has 0 heterocycles. The summed E-state index contributed by atoms with van der Waals surface area (Å²) >= 11 is 0. The van der Waals surface area contributed by atoms with Crippen molar-refractivity contribution in [3.05, 3.63) is 74.1 Å². The molecule has 1 rings (SSSR count). The predicted molar refractivity (Wildman–Crippen MR) is 78.5 cm³/mol. The van der Waals surface area contributed by atoms with E-state index >= 15 is 0 Å². The lowest BCUT2D eigenvalue weighted by Gasteiger charge is -2.06. The summed E-state index contributed by atoms with van der Waals surface area (Å²) < 4.78 is 45.9. The van der Waals surface area contributed by atoms with Crippen molar-refractivity contribution in [2.45, 2.75) is 0 Å². The third-order valence-electron chi connectivity index (χ3n) is 2.21. The number of hydrogen-bond acceptors (Lipinski definition) is 6.